The van der Waals surface area contributed by atoms with Crippen LogP contribution >= 0.6 is 0 Å². The molecule has 0 unspecified atom stereocenters. The summed E-state index contributed by atoms with van der Waals surface area (Å²) >= 11 is 0. The van der Waals surface area contributed by atoms with Gasteiger partial charge in [0.1, 0.15) is 0 Å². The highest BCUT2D eigenvalue weighted by Gasteiger charge is 2.26. The fourth-order valence-electron chi connectivity index (χ4n) is 2.33. The molecule has 116 valence electrons. The number of rotatable bonds is 5. The molecular weight excluding hydrogens is 290 g/mol. The molecule has 1 aromatic rings. The van der Waals surface area contributed by atoms with E-state index in [9.17, 15) is 13.2 Å². The van der Waals surface area contributed by atoms with Crippen LogP contribution in [0.4, 0.5) is 5.69 Å². The quantitative estimate of drug-likeness (QED) is 0.849. The fraction of sp³-hybridized carbons (Fsp3) is 0.500. The van der Waals surface area contributed by atoms with Gasteiger partial charge in [0.05, 0.1) is 11.9 Å². The topological polar surface area (TPSA) is 69.7 Å². The van der Waals surface area contributed by atoms with E-state index < -0.39 is 10.0 Å². The first kappa shape index (κ1) is 15.8. The molecule has 0 saturated carbocycles. The van der Waals surface area contributed by atoms with Gasteiger partial charge >= 0.3 is 0 Å². The summed E-state index contributed by atoms with van der Waals surface area (Å²) in [6.45, 7) is 1.75. The average Bonchev–Trinajstić information content (AvgIpc) is 2.80. The van der Waals surface area contributed by atoms with Crippen molar-refractivity contribution in [2.45, 2.75) is 6.42 Å². The lowest BCUT2D eigenvalue weighted by atomic mass is 10.1. The van der Waals surface area contributed by atoms with E-state index in [2.05, 4.69) is 5.32 Å². The molecule has 0 spiro atoms. The predicted molar refractivity (Wildman–Crippen MR) is 83.2 cm³/mol. The number of carbonyl (C=O) groups excluding carboxylic acids is 1. The lowest BCUT2D eigenvalue weighted by Gasteiger charge is -2.17. The van der Waals surface area contributed by atoms with Gasteiger partial charge in [0.15, 0.2) is 0 Å². The number of carbonyl (C=O) groups is 1. The Morgan fingerprint density at radius 2 is 2.10 bits per heavy atom. The van der Waals surface area contributed by atoms with E-state index in [1.165, 1.54) is 10.6 Å². The Morgan fingerprint density at radius 3 is 2.71 bits per heavy atom. The van der Waals surface area contributed by atoms with Gasteiger partial charge in [-0.25, -0.2) is 8.42 Å². The van der Waals surface area contributed by atoms with Crippen LogP contribution in [0.2, 0.25) is 0 Å². The molecule has 1 heterocycles. The summed E-state index contributed by atoms with van der Waals surface area (Å²) in [5.74, 6) is -0.181. The van der Waals surface area contributed by atoms with E-state index >= 15 is 0 Å². The summed E-state index contributed by atoms with van der Waals surface area (Å²) in [5, 5.41) is 2.83. The fourth-order valence-corrected chi connectivity index (χ4v) is 3.28. The van der Waals surface area contributed by atoms with E-state index in [1.807, 2.05) is 25.1 Å². The summed E-state index contributed by atoms with van der Waals surface area (Å²) in [6.07, 6.45) is 1.87. The summed E-state index contributed by atoms with van der Waals surface area (Å²) < 4.78 is 24.8. The molecule has 1 aliphatic rings. The minimum atomic E-state index is -3.29. The first-order valence-electron chi connectivity index (χ1n) is 6.82. The van der Waals surface area contributed by atoms with Gasteiger partial charge < -0.3 is 10.2 Å². The van der Waals surface area contributed by atoms with Crippen molar-refractivity contribution in [3.8, 4) is 0 Å². The van der Waals surface area contributed by atoms with E-state index in [4.69, 9.17) is 0 Å². The van der Waals surface area contributed by atoms with Crippen LogP contribution in [-0.2, 0) is 16.4 Å². The van der Waals surface area contributed by atoms with Crippen LogP contribution in [-0.4, -0.2) is 59.2 Å². The first-order valence-corrected chi connectivity index (χ1v) is 8.67. The third kappa shape index (κ3) is 3.74. The Bertz CT molecular complexity index is 641. The number of hydrogen-bond donors (Lipinski definition) is 1. The molecule has 0 fully saturated rings. The largest absolute Gasteiger partial charge is 0.351 e. The number of nitrogens with one attached hydrogen (secondary N) is 1. The van der Waals surface area contributed by atoms with Crippen molar-refractivity contribution in [3.05, 3.63) is 29.3 Å². The molecule has 21 heavy (non-hydrogen) atoms. The monoisotopic (exact) mass is 311 g/mol. The molecule has 0 saturated heterocycles. The highest BCUT2D eigenvalue weighted by atomic mass is 32.2. The van der Waals surface area contributed by atoms with Crippen molar-refractivity contribution in [2.75, 3.05) is 44.3 Å². The highest BCUT2D eigenvalue weighted by molar-refractivity contribution is 7.92. The molecule has 6 nitrogen and oxygen atoms in total. The van der Waals surface area contributed by atoms with Gasteiger partial charge in [-0.1, -0.05) is 6.07 Å². The number of benzene rings is 1. The number of sulfonamides is 1. The zero-order valence-electron chi connectivity index (χ0n) is 12.6. The second-order valence-corrected chi connectivity index (χ2v) is 7.39. The third-order valence-corrected chi connectivity index (χ3v) is 4.63. The molecular formula is C14H21N3O3S. The predicted octanol–water partition coefficient (Wildman–Crippen LogP) is 0.300. The molecule has 1 aliphatic heterocycles. The maximum absolute atomic E-state index is 12.1. The number of hydrogen-bond acceptors (Lipinski definition) is 4. The van der Waals surface area contributed by atoms with E-state index in [0.717, 1.165) is 12.1 Å². The normalized spacial score (nSPS) is 14.4. The Balaban J connectivity index is 2.15. The average molecular weight is 311 g/mol. The van der Waals surface area contributed by atoms with Crippen molar-refractivity contribution in [1.29, 1.82) is 0 Å². The zero-order valence-corrected chi connectivity index (χ0v) is 13.4. The molecule has 0 bridgehead atoms. The molecule has 1 aromatic carbocycles. The number of fused-ring (bicyclic) bond motifs is 1. The van der Waals surface area contributed by atoms with Crippen molar-refractivity contribution < 1.29 is 13.2 Å². The van der Waals surface area contributed by atoms with Crippen LogP contribution in [0.25, 0.3) is 0 Å². The summed E-state index contributed by atoms with van der Waals surface area (Å²) in [4.78, 5) is 14.1. The number of anilines is 1. The minimum absolute atomic E-state index is 0.181. The SMILES string of the molecule is CN(C)CCNC(=O)c1ccc2c(c1)N(S(C)(=O)=O)CC2. The van der Waals surface area contributed by atoms with Gasteiger partial charge in [0.25, 0.3) is 5.91 Å². The second-order valence-electron chi connectivity index (χ2n) is 5.49. The maximum atomic E-state index is 12.1. The van der Waals surface area contributed by atoms with Crippen LogP contribution < -0.4 is 9.62 Å². The number of likely N-dealkylation sites (N-methyl/N-ethyl adjacent to an activating group) is 1. The molecule has 1 N–H and O–H groups in total. The third-order valence-electron chi connectivity index (χ3n) is 3.45. The van der Waals surface area contributed by atoms with E-state index in [1.54, 1.807) is 12.1 Å². The van der Waals surface area contributed by atoms with Crippen LogP contribution in [0.1, 0.15) is 15.9 Å². The molecule has 0 aromatic heterocycles. The highest BCUT2D eigenvalue weighted by Crippen LogP contribution is 2.30. The van der Waals surface area contributed by atoms with Crippen molar-refractivity contribution in [3.63, 3.8) is 0 Å². The molecule has 1 amide bonds. The lowest BCUT2D eigenvalue weighted by molar-refractivity contribution is 0.0951. The zero-order chi connectivity index (χ0) is 15.6. The maximum Gasteiger partial charge on any atom is 0.251 e. The standard InChI is InChI=1S/C14H21N3O3S/c1-16(2)9-7-15-14(18)12-5-4-11-6-8-17(13(11)10-12)21(3,19)20/h4-5,10H,6-9H2,1-3H3,(H,15,18). The van der Waals surface area contributed by atoms with Crippen LogP contribution in [0.5, 0.6) is 0 Å². The summed E-state index contributed by atoms with van der Waals surface area (Å²) in [6, 6.07) is 5.24. The summed E-state index contributed by atoms with van der Waals surface area (Å²) in [5.41, 5.74) is 2.08. The molecule has 0 atom stereocenters. The number of nitrogens with zero attached hydrogens (tertiary/aromatic N) is 2. The van der Waals surface area contributed by atoms with Gasteiger partial charge in [-0.15, -0.1) is 0 Å². The minimum Gasteiger partial charge on any atom is -0.351 e. The van der Waals surface area contributed by atoms with E-state index in [0.29, 0.717) is 30.8 Å². The Hall–Kier alpha value is -1.60. The molecule has 0 radical (unpaired) electrons. The van der Waals surface area contributed by atoms with Crippen LogP contribution in [0.3, 0.4) is 0 Å². The second kappa shape index (κ2) is 6.03. The van der Waals surface area contributed by atoms with E-state index in [-0.39, 0.29) is 5.91 Å². The van der Waals surface area contributed by atoms with Crippen molar-refractivity contribution in [2.24, 2.45) is 0 Å². The van der Waals surface area contributed by atoms with Gasteiger partial charge in [-0.05, 0) is 38.2 Å². The molecule has 2 rings (SSSR count). The van der Waals surface area contributed by atoms with Gasteiger partial charge in [-0.2, -0.15) is 0 Å². The Morgan fingerprint density at radius 1 is 1.38 bits per heavy atom. The molecule has 7 heteroatoms. The Labute approximate surface area is 125 Å². The molecule has 0 aliphatic carbocycles. The van der Waals surface area contributed by atoms with Crippen molar-refractivity contribution in [1.82, 2.24) is 10.2 Å². The summed E-state index contributed by atoms with van der Waals surface area (Å²) in [7, 11) is 0.580. The first-order chi connectivity index (χ1) is 9.79. The smallest absolute Gasteiger partial charge is 0.251 e. The van der Waals surface area contributed by atoms with Gasteiger partial charge in [0.2, 0.25) is 10.0 Å². The van der Waals surface area contributed by atoms with Gasteiger partial charge in [-0.3, -0.25) is 9.10 Å². The van der Waals surface area contributed by atoms with Crippen molar-refractivity contribution >= 4 is 21.6 Å². The lowest BCUT2D eigenvalue weighted by Crippen LogP contribution is -2.31. The van der Waals surface area contributed by atoms with Gasteiger partial charge in [0, 0.05) is 25.2 Å². The van der Waals surface area contributed by atoms with Crippen LogP contribution in [0, 0.1) is 0 Å². The number of amides is 1. The van der Waals surface area contributed by atoms with Crippen LogP contribution in [0.15, 0.2) is 18.2 Å². The Kier molecular flexibility index (Phi) is 4.53.